The van der Waals surface area contributed by atoms with Gasteiger partial charge in [0.15, 0.2) is 4.90 Å². The maximum Gasteiger partial charge on any atom is 0.289 e. The van der Waals surface area contributed by atoms with Crippen molar-refractivity contribution >= 4 is 31.6 Å². The fraction of sp³-hybridized carbons (Fsp3) is 0.500. The maximum atomic E-state index is 12.4. The number of hydrogen-bond acceptors (Lipinski definition) is 4. The summed E-state index contributed by atoms with van der Waals surface area (Å²) in [6.45, 7) is 1.91. The van der Waals surface area contributed by atoms with Crippen molar-refractivity contribution in [2.24, 2.45) is 0 Å². The summed E-state index contributed by atoms with van der Waals surface area (Å²) in [4.78, 5) is 10.0. The molecule has 0 bridgehead atoms. The van der Waals surface area contributed by atoms with Gasteiger partial charge in [-0.2, -0.15) is 0 Å². The van der Waals surface area contributed by atoms with E-state index in [-0.39, 0.29) is 4.90 Å². The zero-order chi connectivity index (χ0) is 15.0. The number of nitro benzene ring substituents is 1. The molecule has 0 amide bonds. The monoisotopic (exact) mass is 362 g/mol. The van der Waals surface area contributed by atoms with Crippen LogP contribution in [0.4, 0.5) is 5.69 Å². The van der Waals surface area contributed by atoms with E-state index < -0.39 is 26.2 Å². The quantitative estimate of drug-likeness (QED) is 0.643. The molecule has 2 rings (SSSR count). The largest absolute Gasteiger partial charge is 0.289 e. The first-order valence-corrected chi connectivity index (χ1v) is 8.55. The van der Waals surface area contributed by atoms with E-state index in [9.17, 15) is 18.5 Å². The summed E-state index contributed by atoms with van der Waals surface area (Å²) in [5.74, 6) is 0. The number of hydrogen-bond donors (Lipinski definition) is 1. The van der Waals surface area contributed by atoms with Crippen LogP contribution >= 0.6 is 15.9 Å². The Balaban J connectivity index is 2.43. The minimum Gasteiger partial charge on any atom is -0.258 e. The number of nitrogens with one attached hydrogen (secondary N) is 1. The van der Waals surface area contributed by atoms with Crippen LogP contribution in [0.5, 0.6) is 0 Å². The van der Waals surface area contributed by atoms with Crippen molar-refractivity contribution in [1.82, 2.24) is 4.72 Å². The van der Waals surface area contributed by atoms with Gasteiger partial charge < -0.3 is 0 Å². The third kappa shape index (κ3) is 2.87. The predicted octanol–water partition coefficient (Wildman–Crippen LogP) is 2.97. The summed E-state index contributed by atoms with van der Waals surface area (Å²) >= 11 is 3.15. The van der Waals surface area contributed by atoms with Crippen molar-refractivity contribution in [1.29, 1.82) is 0 Å². The molecule has 1 aliphatic rings. The molecule has 0 aromatic heterocycles. The van der Waals surface area contributed by atoms with E-state index in [0.29, 0.717) is 10.9 Å². The molecule has 0 heterocycles. The molecule has 6 nitrogen and oxygen atoms in total. The number of sulfonamides is 1. The van der Waals surface area contributed by atoms with Crippen molar-refractivity contribution in [3.8, 4) is 0 Å². The number of benzene rings is 1. The molecule has 110 valence electrons. The van der Waals surface area contributed by atoms with Crippen LogP contribution in [0.25, 0.3) is 0 Å². The van der Waals surface area contributed by atoms with Gasteiger partial charge in [-0.15, -0.1) is 0 Å². The van der Waals surface area contributed by atoms with Crippen molar-refractivity contribution in [3.63, 3.8) is 0 Å². The Bertz CT molecular complexity index is 635. The molecule has 1 aliphatic carbocycles. The van der Waals surface area contributed by atoms with Gasteiger partial charge in [0.25, 0.3) is 5.69 Å². The first kappa shape index (κ1) is 15.4. The highest BCUT2D eigenvalue weighted by Gasteiger charge is 2.40. The molecule has 8 heteroatoms. The number of halogens is 1. The first-order valence-electron chi connectivity index (χ1n) is 6.28. The minimum atomic E-state index is -3.91. The van der Waals surface area contributed by atoms with Crippen molar-refractivity contribution in [3.05, 3.63) is 32.8 Å². The van der Waals surface area contributed by atoms with Crippen LogP contribution in [0.2, 0.25) is 0 Å². The second-order valence-corrected chi connectivity index (χ2v) is 7.53. The van der Waals surface area contributed by atoms with Gasteiger partial charge in [0.1, 0.15) is 0 Å². The molecule has 0 unspecified atom stereocenters. The van der Waals surface area contributed by atoms with E-state index >= 15 is 0 Å². The highest BCUT2D eigenvalue weighted by atomic mass is 79.9. The zero-order valence-electron chi connectivity index (χ0n) is 10.9. The minimum absolute atomic E-state index is 0.295. The Morgan fingerprint density at radius 2 is 2.10 bits per heavy atom. The molecule has 0 aliphatic heterocycles. The standard InChI is InChI=1S/C12H15BrN2O4S/c1-2-12(6-3-7-12)14-20(18,19)11-8-9(13)4-5-10(11)15(16)17/h4-5,8,14H,2-3,6-7H2,1H3. The average Bonchev–Trinajstić information content (AvgIpc) is 2.33. The lowest BCUT2D eigenvalue weighted by Gasteiger charge is -2.41. The van der Waals surface area contributed by atoms with Gasteiger partial charge in [-0.05, 0) is 37.8 Å². The average molecular weight is 363 g/mol. The Hall–Kier alpha value is -0.990. The molecule has 0 saturated heterocycles. The second kappa shape index (κ2) is 5.42. The van der Waals surface area contributed by atoms with Crippen LogP contribution in [0, 0.1) is 10.1 Å². The smallest absolute Gasteiger partial charge is 0.258 e. The molecule has 1 aromatic rings. The van der Waals surface area contributed by atoms with E-state index in [1.54, 1.807) is 0 Å². The highest BCUT2D eigenvalue weighted by molar-refractivity contribution is 9.10. The molecule has 20 heavy (non-hydrogen) atoms. The lowest BCUT2D eigenvalue weighted by Crippen LogP contribution is -2.52. The van der Waals surface area contributed by atoms with E-state index in [0.717, 1.165) is 19.3 Å². The predicted molar refractivity (Wildman–Crippen MR) is 78.0 cm³/mol. The summed E-state index contributed by atoms with van der Waals surface area (Å²) < 4.78 is 28.0. The van der Waals surface area contributed by atoms with E-state index in [4.69, 9.17) is 0 Å². The maximum absolute atomic E-state index is 12.4. The van der Waals surface area contributed by atoms with E-state index in [1.807, 2.05) is 6.92 Å². The number of nitrogens with zero attached hydrogens (tertiary/aromatic N) is 1. The summed E-state index contributed by atoms with van der Waals surface area (Å²) in [6.07, 6.45) is 3.18. The normalized spacial score (nSPS) is 17.5. The van der Waals surface area contributed by atoms with Crippen molar-refractivity contribution in [2.45, 2.75) is 43.0 Å². The molecule has 1 aromatic carbocycles. The topological polar surface area (TPSA) is 89.3 Å². The number of nitro groups is 1. The fourth-order valence-corrected chi connectivity index (χ4v) is 4.57. The molecule has 1 fully saturated rings. The van der Waals surface area contributed by atoms with Gasteiger partial charge in [-0.25, -0.2) is 13.1 Å². The second-order valence-electron chi connectivity index (χ2n) is 4.96. The summed E-state index contributed by atoms with van der Waals surface area (Å²) in [5, 5.41) is 11.0. The fourth-order valence-electron chi connectivity index (χ4n) is 2.33. The SMILES string of the molecule is CCC1(NS(=O)(=O)c2cc(Br)ccc2[N+](=O)[O-])CCC1. The van der Waals surface area contributed by atoms with Gasteiger partial charge in [0.05, 0.1) is 4.92 Å². The Kier molecular flexibility index (Phi) is 4.17. The van der Waals surface area contributed by atoms with Crippen LogP contribution in [0.1, 0.15) is 32.6 Å². The third-order valence-electron chi connectivity index (χ3n) is 3.75. The Morgan fingerprint density at radius 3 is 2.55 bits per heavy atom. The van der Waals surface area contributed by atoms with E-state index in [2.05, 4.69) is 20.7 Å². The van der Waals surface area contributed by atoms with E-state index in [1.165, 1.54) is 18.2 Å². The van der Waals surface area contributed by atoms with Crippen molar-refractivity contribution < 1.29 is 13.3 Å². The van der Waals surface area contributed by atoms with Gasteiger partial charge in [0, 0.05) is 16.1 Å². The van der Waals surface area contributed by atoms with Gasteiger partial charge in [0.2, 0.25) is 10.0 Å². The van der Waals surface area contributed by atoms with Crippen molar-refractivity contribution in [2.75, 3.05) is 0 Å². The molecular weight excluding hydrogens is 348 g/mol. The molecule has 0 radical (unpaired) electrons. The molecule has 1 saturated carbocycles. The lowest BCUT2D eigenvalue weighted by molar-refractivity contribution is -0.387. The summed E-state index contributed by atoms with van der Waals surface area (Å²) in [5.41, 5.74) is -0.860. The first-order chi connectivity index (χ1) is 9.30. The molecule has 1 N–H and O–H groups in total. The highest BCUT2D eigenvalue weighted by Crippen LogP contribution is 2.37. The summed E-state index contributed by atoms with van der Waals surface area (Å²) in [7, 11) is -3.91. The zero-order valence-corrected chi connectivity index (χ0v) is 13.3. The molecular formula is C12H15BrN2O4S. The van der Waals surface area contributed by atoms with Crippen LogP contribution in [-0.2, 0) is 10.0 Å². The van der Waals surface area contributed by atoms with Gasteiger partial charge in [-0.1, -0.05) is 22.9 Å². The van der Waals surface area contributed by atoms with Crippen LogP contribution < -0.4 is 4.72 Å². The van der Waals surface area contributed by atoms with Crippen LogP contribution in [-0.4, -0.2) is 18.9 Å². The molecule has 0 spiro atoms. The van der Waals surface area contributed by atoms with Crippen LogP contribution in [0.3, 0.4) is 0 Å². The van der Waals surface area contributed by atoms with Gasteiger partial charge in [-0.3, -0.25) is 10.1 Å². The Morgan fingerprint density at radius 1 is 1.45 bits per heavy atom. The lowest BCUT2D eigenvalue weighted by atomic mass is 9.76. The summed E-state index contributed by atoms with van der Waals surface area (Å²) in [6, 6.07) is 3.91. The van der Waals surface area contributed by atoms with Gasteiger partial charge >= 0.3 is 0 Å². The third-order valence-corrected chi connectivity index (χ3v) is 5.85. The van der Waals surface area contributed by atoms with Crippen LogP contribution in [0.15, 0.2) is 27.6 Å². The molecule has 0 atom stereocenters. The number of rotatable bonds is 5. The Labute approximate surface area is 125 Å².